The van der Waals surface area contributed by atoms with Gasteiger partial charge in [-0.15, -0.1) is 0 Å². The number of methoxy groups -OCH3 is 2. The first-order valence-electron chi connectivity index (χ1n) is 9.56. The van der Waals surface area contributed by atoms with Crippen molar-refractivity contribution in [3.8, 4) is 11.5 Å². The van der Waals surface area contributed by atoms with Crippen molar-refractivity contribution in [3.05, 3.63) is 23.8 Å². The molecule has 8 nitrogen and oxygen atoms in total. The summed E-state index contributed by atoms with van der Waals surface area (Å²) in [5.41, 5.74) is 1.17. The Labute approximate surface area is 167 Å². The third-order valence-corrected chi connectivity index (χ3v) is 4.78. The Morgan fingerprint density at radius 2 is 1.93 bits per heavy atom. The summed E-state index contributed by atoms with van der Waals surface area (Å²) in [4.78, 5) is 19.9. The van der Waals surface area contributed by atoms with Crippen molar-refractivity contribution in [3.63, 3.8) is 0 Å². The maximum atomic E-state index is 11.7. The maximum Gasteiger partial charge on any atom is 0.223 e. The van der Waals surface area contributed by atoms with Crippen molar-refractivity contribution in [2.24, 2.45) is 4.99 Å². The second-order valence-electron chi connectivity index (χ2n) is 7.12. The van der Waals surface area contributed by atoms with Gasteiger partial charge in [-0.05, 0) is 24.1 Å². The van der Waals surface area contributed by atoms with Gasteiger partial charge in [0, 0.05) is 65.9 Å². The summed E-state index contributed by atoms with van der Waals surface area (Å²) in [6.07, 6.45) is 1.49. The Hall–Kier alpha value is -2.48. The van der Waals surface area contributed by atoms with Crippen molar-refractivity contribution < 1.29 is 14.3 Å². The summed E-state index contributed by atoms with van der Waals surface area (Å²) < 4.78 is 10.7. The van der Waals surface area contributed by atoms with Crippen molar-refractivity contribution in [2.75, 3.05) is 55.0 Å². The molecule has 28 heavy (non-hydrogen) atoms. The lowest BCUT2D eigenvalue weighted by Gasteiger charge is -2.19. The molecule has 156 valence electrons. The van der Waals surface area contributed by atoms with E-state index in [4.69, 9.17) is 9.47 Å². The molecule has 1 unspecified atom stereocenters. The summed E-state index contributed by atoms with van der Waals surface area (Å²) in [6.45, 7) is 3.34. The SMILES string of the molecule is CN=C(NCCC(=O)N(C)C)NC1CCN(Cc2cc(OC)cc(OC)c2)C1. The van der Waals surface area contributed by atoms with Gasteiger partial charge in [0.1, 0.15) is 11.5 Å². The van der Waals surface area contributed by atoms with E-state index in [0.717, 1.165) is 43.5 Å². The second kappa shape index (κ2) is 10.8. The van der Waals surface area contributed by atoms with E-state index in [1.807, 2.05) is 18.2 Å². The third-order valence-electron chi connectivity index (χ3n) is 4.78. The number of rotatable bonds is 8. The van der Waals surface area contributed by atoms with Crippen molar-refractivity contribution >= 4 is 11.9 Å². The summed E-state index contributed by atoms with van der Waals surface area (Å²) in [5.74, 6) is 2.45. The van der Waals surface area contributed by atoms with E-state index < -0.39 is 0 Å². The summed E-state index contributed by atoms with van der Waals surface area (Å²) >= 11 is 0. The molecule has 1 atom stereocenters. The molecule has 1 aromatic carbocycles. The lowest BCUT2D eigenvalue weighted by Crippen LogP contribution is -2.45. The predicted molar refractivity (Wildman–Crippen MR) is 111 cm³/mol. The molecule has 0 spiro atoms. The molecular formula is C20H33N5O3. The van der Waals surface area contributed by atoms with Gasteiger partial charge < -0.3 is 25.0 Å². The van der Waals surface area contributed by atoms with E-state index >= 15 is 0 Å². The van der Waals surface area contributed by atoms with Crippen LogP contribution in [0.15, 0.2) is 23.2 Å². The van der Waals surface area contributed by atoms with E-state index in [2.05, 4.69) is 20.5 Å². The Morgan fingerprint density at radius 1 is 1.25 bits per heavy atom. The number of amides is 1. The molecule has 1 saturated heterocycles. The number of guanidine groups is 1. The highest BCUT2D eigenvalue weighted by atomic mass is 16.5. The first-order chi connectivity index (χ1) is 13.4. The lowest BCUT2D eigenvalue weighted by molar-refractivity contribution is -0.128. The number of carbonyl (C=O) groups excluding carboxylic acids is 1. The van der Waals surface area contributed by atoms with Gasteiger partial charge in [0.2, 0.25) is 5.91 Å². The smallest absolute Gasteiger partial charge is 0.223 e. The van der Waals surface area contributed by atoms with Gasteiger partial charge in [0.05, 0.1) is 14.2 Å². The molecule has 2 rings (SSSR count). The highest BCUT2D eigenvalue weighted by Crippen LogP contribution is 2.24. The van der Waals surface area contributed by atoms with E-state index in [1.54, 1.807) is 40.3 Å². The molecule has 1 fully saturated rings. The zero-order valence-corrected chi connectivity index (χ0v) is 17.6. The van der Waals surface area contributed by atoms with Gasteiger partial charge in [-0.25, -0.2) is 0 Å². The molecule has 1 heterocycles. The van der Waals surface area contributed by atoms with Crippen LogP contribution in [0.4, 0.5) is 0 Å². The number of carbonyl (C=O) groups is 1. The molecule has 0 aliphatic carbocycles. The van der Waals surface area contributed by atoms with Crippen LogP contribution in [-0.4, -0.2) is 82.7 Å². The minimum absolute atomic E-state index is 0.101. The van der Waals surface area contributed by atoms with Gasteiger partial charge in [-0.1, -0.05) is 0 Å². The zero-order valence-electron chi connectivity index (χ0n) is 17.6. The topological polar surface area (TPSA) is 78.4 Å². The van der Waals surface area contributed by atoms with Crippen LogP contribution in [0.5, 0.6) is 11.5 Å². The standard InChI is InChI=1S/C20H33N5O3/c1-21-20(22-8-6-19(26)24(2)3)23-16-7-9-25(14-16)13-15-10-17(27-4)12-18(11-15)28-5/h10-12,16H,6-9,13-14H2,1-5H3,(H2,21,22,23). The Bertz CT molecular complexity index is 656. The maximum absolute atomic E-state index is 11.7. The molecule has 0 aromatic heterocycles. The van der Waals surface area contributed by atoms with Crippen LogP contribution in [0, 0.1) is 0 Å². The van der Waals surface area contributed by atoms with Gasteiger partial charge in [-0.2, -0.15) is 0 Å². The van der Waals surface area contributed by atoms with E-state index in [0.29, 0.717) is 19.0 Å². The number of benzene rings is 1. The van der Waals surface area contributed by atoms with Crippen LogP contribution in [0.2, 0.25) is 0 Å². The van der Waals surface area contributed by atoms with Crippen LogP contribution in [0.25, 0.3) is 0 Å². The highest BCUT2D eigenvalue weighted by molar-refractivity contribution is 5.81. The van der Waals surface area contributed by atoms with Crippen LogP contribution < -0.4 is 20.1 Å². The summed E-state index contributed by atoms with van der Waals surface area (Å²) in [6, 6.07) is 6.30. The van der Waals surface area contributed by atoms with Gasteiger partial charge >= 0.3 is 0 Å². The highest BCUT2D eigenvalue weighted by Gasteiger charge is 2.23. The fourth-order valence-corrected chi connectivity index (χ4v) is 3.21. The predicted octanol–water partition coefficient (Wildman–Crippen LogP) is 0.921. The van der Waals surface area contributed by atoms with E-state index in [9.17, 15) is 4.79 Å². The summed E-state index contributed by atoms with van der Waals surface area (Å²) in [5, 5.41) is 6.67. The third kappa shape index (κ3) is 6.60. The molecule has 1 amide bonds. The molecule has 0 bridgehead atoms. The van der Waals surface area contributed by atoms with Crippen LogP contribution in [0.1, 0.15) is 18.4 Å². The van der Waals surface area contributed by atoms with E-state index in [-0.39, 0.29) is 5.91 Å². The van der Waals surface area contributed by atoms with Crippen molar-refractivity contribution in [2.45, 2.75) is 25.4 Å². The number of hydrogen-bond donors (Lipinski definition) is 2. The zero-order chi connectivity index (χ0) is 20.5. The number of nitrogens with zero attached hydrogens (tertiary/aromatic N) is 3. The Balaban J connectivity index is 1.82. The summed E-state index contributed by atoms with van der Waals surface area (Å²) in [7, 11) is 8.61. The van der Waals surface area contributed by atoms with Gasteiger partial charge in [-0.3, -0.25) is 14.7 Å². The number of ether oxygens (including phenoxy) is 2. The minimum atomic E-state index is 0.101. The largest absolute Gasteiger partial charge is 0.497 e. The molecule has 1 aliphatic heterocycles. The second-order valence-corrected chi connectivity index (χ2v) is 7.12. The van der Waals surface area contributed by atoms with Crippen LogP contribution in [0.3, 0.4) is 0 Å². The first-order valence-corrected chi connectivity index (χ1v) is 9.56. The van der Waals surface area contributed by atoms with Crippen molar-refractivity contribution in [1.82, 2.24) is 20.4 Å². The van der Waals surface area contributed by atoms with Crippen LogP contribution >= 0.6 is 0 Å². The van der Waals surface area contributed by atoms with Gasteiger partial charge in [0.15, 0.2) is 5.96 Å². The van der Waals surface area contributed by atoms with Gasteiger partial charge in [0.25, 0.3) is 0 Å². The quantitative estimate of drug-likeness (QED) is 0.507. The van der Waals surface area contributed by atoms with Crippen molar-refractivity contribution in [1.29, 1.82) is 0 Å². The number of likely N-dealkylation sites (tertiary alicyclic amines) is 1. The molecule has 8 heteroatoms. The fraction of sp³-hybridized carbons (Fsp3) is 0.600. The molecular weight excluding hydrogens is 358 g/mol. The average Bonchev–Trinajstić information content (AvgIpc) is 3.13. The Kier molecular flexibility index (Phi) is 8.38. The number of aliphatic imine (C=N–C) groups is 1. The van der Waals surface area contributed by atoms with E-state index in [1.165, 1.54) is 5.56 Å². The number of nitrogens with one attached hydrogen (secondary N) is 2. The minimum Gasteiger partial charge on any atom is -0.497 e. The monoisotopic (exact) mass is 391 g/mol. The molecule has 0 saturated carbocycles. The van der Waals surface area contributed by atoms with Crippen LogP contribution in [-0.2, 0) is 11.3 Å². The Morgan fingerprint density at radius 3 is 2.50 bits per heavy atom. The number of hydrogen-bond acceptors (Lipinski definition) is 5. The first kappa shape index (κ1) is 21.8. The normalized spacial score (nSPS) is 17.3. The molecule has 0 radical (unpaired) electrons. The molecule has 1 aromatic rings. The lowest BCUT2D eigenvalue weighted by atomic mass is 10.2. The average molecular weight is 392 g/mol. The molecule has 1 aliphatic rings. The molecule has 2 N–H and O–H groups in total. The fourth-order valence-electron chi connectivity index (χ4n) is 3.21.